The predicted molar refractivity (Wildman–Crippen MR) is 102 cm³/mol. The van der Waals surface area contributed by atoms with Crippen LogP contribution in [0.25, 0.3) is 33.4 Å². The molecule has 6 N–H and O–H groups in total. The van der Waals surface area contributed by atoms with E-state index in [0.717, 1.165) is 6.07 Å². The molecule has 0 saturated carbocycles. The molecule has 0 spiro atoms. The van der Waals surface area contributed by atoms with Gasteiger partial charge in [0.15, 0.2) is 5.36 Å². The fraction of sp³-hybridized carbons (Fsp3) is 0. The third kappa shape index (κ3) is 2.75. The molecule has 1 heterocycles. The maximum atomic E-state index is 11.9. The van der Waals surface area contributed by atoms with E-state index in [1.165, 1.54) is 12.1 Å². The molecule has 0 aromatic heterocycles. The van der Waals surface area contributed by atoms with Gasteiger partial charge in [0.1, 0.15) is 11.3 Å². The number of hydrogen-bond acceptors (Lipinski definition) is 4. The molecule has 0 amide bonds. The van der Waals surface area contributed by atoms with Crippen LogP contribution in [0.15, 0.2) is 59.0 Å². The van der Waals surface area contributed by atoms with E-state index < -0.39 is 11.9 Å². The summed E-state index contributed by atoms with van der Waals surface area (Å²) in [7, 11) is 0. The Kier molecular flexibility index (Phi) is 3.85. The second-order valence-electron chi connectivity index (χ2n) is 6.36. The van der Waals surface area contributed by atoms with E-state index in [1.807, 2.05) is 0 Å². The second kappa shape index (κ2) is 6.24. The Balaban J connectivity index is 2.17. The summed E-state index contributed by atoms with van der Waals surface area (Å²) in [5, 5.41) is 25.9. The fourth-order valence-electron chi connectivity index (χ4n) is 3.29. The van der Waals surface area contributed by atoms with Crippen LogP contribution in [-0.4, -0.2) is 22.2 Å². The molecule has 138 valence electrons. The van der Waals surface area contributed by atoms with E-state index >= 15 is 0 Å². The van der Waals surface area contributed by atoms with Gasteiger partial charge in [-0.2, -0.15) is 0 Å². The molecule has 1 aliphatic carbocycles. The summed E-state index contributed by atoms with van der Waals surface area (Å²) in [6.07, 6.45) is 0. The van der Waals surface area contributed by atoms with Crippen molar-refractivity contribution in [2.24, 2.45) is 0 Å². The molecule has 0 atom stereocenters. The standard InChI is InChI=1S/C21H14N2O5/c22-11-2-5-14-17(8-11)28-18-9-12(23)3-6-15(18)19(14)13-4-1-10(20(24)25)7-16(13)21(26)27/h1-9,22H,23H2,(H,24,25)(H,26,27)/p+1. The lowest BCUT2D eigenvalue weighted by Crippen LogP contribution is -2.44. The quantitative estimate of drug-likeness (QED) is 0.318. The number of fused-ring (bicyclic) bond motifs is 2. The Morgan fingerprint density at radius 1 is 0.893 bits per heavy atom. The van der Waals surface area contributed by atoms with Crippen LogP contribution in [0.5, 0.6) is 0 Å². The van der Waals surface area contributed by atoms with Gasteiger partial charge in [0.05, 0.1) is 17.2 Å². The highest BCUT2D eigenvalue weighted by Gasteiger charge is 2.23. The third-order valence-electron chi connectivity index (χ3n) is 4.54. The van der Waals surface area contributed by atoms with Crippen molar-refractivity contribution in [3.63, 3.8) is 0 Å². The van der Waals surface area contributed by atoms with Crippen molar-refractivity contribution in [1.82, 2.24) is 0 Å². The van der Waals surface area contributed by atoms with Gasteiger partial charge in [0.25, 0.3) is 0 Å². The van der Waals surface area contributed by atoms with E-state index in [-0.39, 0.29) is 11.1 Å². The minimum atomic E-state index is -1.23. The van der Waals surface area contributed by atoms with E-state index in [2.05, 4.69) is 0 Å². The lowest BCUT2D eigenvalue weighted by atomic mass is 9.90. The average Bonchev–Trinajstić information content (AvgIpc) is 2.65. The highest BCUT2D eigenvalue weighted by molar-refractivity contribution is 6.08. The van der Waals surface area contributed by atoms with Gasteiger partial charge in [-0.15, -0.1) is 0 Å². The number of anilines is 1. The molecular formula is C21H15N2O5+. The topological polar surface area (TPSA) is 139 Å². The lowest BCUT2D eigenvalue weighted by Gasteiger charge is -2.17. The van der Waals surface area contributed by atoms with Gasteiger partial charge < -0.3 is 20.4 Å². The minimum Gasteiger partial charge on any atom is -0.478 e. The Labute approximate surface area is 158 Å². The Bertz CT molecular complexity index is 1310. The summed E-state index contributed by atoms with van der Waals surface area (Å²) < 4.78 is 5.93. The van der Waals surface area contributed by atoms with Crippen LogP contribution in [0.2, 0.25) is 0 Å². The number of carboxylic acids is 2. The SMILES string of the molecule is Nc1ccc2c(-c3ccc(C(=O)O)cc3C(=O)O)c3ccc(=[NH2+])cc-3oc2c1. The van der Waals surface area contributed by atoms with Crippen molar-refractivity contribution >= 4 is 28.6 Å². The summed E-state index contributed by atoms with van der Waals surface area (Å²) in [6.45, 7) is 0. The zero-order chi connectivity index (χ0) is 20.0. The molecule has 2 aliphatic rings. The summed E-state index contributed by atoms with van der Waals surface area (Å²) >= 11 is 0. The van der Waals surface area contributed by atoms with Crippen molar-refractivity contribution in [3.05, 3.63) is 71.1 Å². The van der Waals surface area contributed by atoms with Crippen LogP contribution in [0, 0.1) is 0 Å². The van der Waals surface area contributed by atoms with E-state index in [1.54, 1.807) is 36.4 Å². The number of carbonyl (C=O) groups is 2. The van der Waals surface area contributed by atoms with Gasteiger partial charge in [0, 0.05) is 34.3 Å². The summed E-state index contributed by atoms with van der Waals surface area (Å²) in [4.78, 5) is 23.2. The lowest BCUT2D eigenvalue weighted by molar-refractivity contribution is -0.172. The summed E-state index contributed by atoms with van der Waals surface area (Å²) in [6, 6.07) is 14.2. The number of rotatable bonds is 3. The van der Waals surface area contributed by atoms with E-state index in [0.29, 0.717) is 44.5 Å². The molecular weight excluding hydrogens is 360 g/mol. The Morgan fingerprint density at radius 2 is 1.64 bits per heavy atom. The molecule has 2 aromatic rings. The summed E-state index contributed by atoms with van der Waals surface area (Å²) in [5.74, 6) is -1.97. The average molecular weight is 375 g/mol. The largest absolute Gasteiger partial charge is 0.478 e. The number of hydrogen-bond donors (Lipinski definition) is 4. The first kappa shape index (κ1) is 17.3. The van der Waals surface area contributed by atoms with Gasteiger partial charge in [-0.3, -0.25) is 5.41 Å². The molecule has 7 heteroatoms. The normalized spacial score (nSPS) is 11.0. The first-order chi connectivity index (χ1) is 13.3. The fourth-order valence-corrected chi connectivity index (χ4v) is 3.29. The first-order valence-electron chi connectivity index (χ1n) is 8.31. The number of carboxylic acid groups (broad SMARTS) is 2. The van der Waals surface area contributed by atoms with Gasteiger partial charge in [-0.05, 0) is 35.9 Å². The number of nitrogens with two attached hydrogens (primary N) is 2. The van der Waals surface area contributed by atoms with Gasteiger partial charge in [0.2, 0.25) is 0 Å². The minimum absolute atomic E-state index is 0.108. The monoisotopic (exact) mass is 375 g/mol. The predicted octanol–water partition coefficient (Wildman–Crippen LogP) is 1.84. The van der Waals surface area contributed by atoms with Crippen LogP contribution in [0.3, 0.4) is 0 Å². The van der Waals surface area contributed by atoms with E-state index in [9.17, 15) is 19.8 Å². The summed E-state index contributed by atoms with van der Waals surface area (Å²) in [5.41, 5.74) is 8.22. The smallest absolute Gasteiger partial charge is 0.336 e. The van der Waals surface area contributed by atoms with Crippen LogP contribution in [-0.2, 0) is 0 Å². The molecule has 1 aliphatic heterocycles. The van der Waals surface area contributed by atoms with Crippen LogP contribution < -0.4 is 16.5 Å². The van der Waals surface area contributed by atoms with Crippen molar-refractivity contribution in [3.8, 4) is 22.5 Å². The van der Waals surface area contributed by atoms with Crippen molar-refractivity contribution in [1.29, 1.82) is 0 Å². The van der Waals surface area contributed by atoms with Crippen LogP contribution in [0.4, 0.5) is 5.69 Å². The Morgan fingerprint density at radius 3 is 2.36 bits per heavy atom. The van der Waals surface area contributed by atoms with Crippen molar-refractivity contribution in [2.45, 2.75) is 0 Å². The molecule has 0 fully saturated rings. The van der Waals surface area contributed by atoms with Gasteiger partial charge in [-0.1, -0.05) is 6.07 Å². The molecule has 4 rings (SSSR count). The van der Waals surface area contributed by atoms with Gasteiger partial charge >= 0.3 is 11.9 Å². The van der Waals surface area contributed by atoms with Crippen molar-refractivity contribution in [2.75, 3.05) is 5.73 Å². The van der Waals surface area contributed by atoms with E-state index in [4.69, 9.17) is 15.6 Å². The number of nitrogen functional groups attached to an aromatic ring is 1. The molecule has 7 nitrogen and oxygen atoms in total. The van der Waals surface area contributed by atoms with Crippen molar-refractivity contribution < 1.29 is 29.6 Å². The molecule has 2 aromatic carbocycles. The van der Waals surface area contributed by atoms with Crippen LogP contribution >= 0.6 is 0 Å². The maximum absolute atomic E-state index is 11.9. The third-order valence-corrected chi connectivity index (χ3v) is 4.54. The Hall–Kier alpha value is -4.13. The zero-order valence-electron chi connectivity index (χ0n) is 14.5. The number of aromatic carboxylic acids is 2. The highest BCUT2D eigenvalue weighted by Crippen LogP contribution is 2.41. The maximum Gasteiger partial charge on any atom is 0.336 e. The van der Waals surface area contributed by atoms with Crippen LogP contribution in [0.1, 0.15) is 20.7 Å². The first-order valence-corrected chi connectivity index (χ1v) is 8.31. The molecule has 0 bridgehead atoms. The molecule has 0 unspecified atom stereocenters. The highest BCUT2D eigenvalue weighted by atomic mass is 16.4. The number of benzene rings is 3. The van der Waals surface area contributed by atoms with Gasteiger partial charge in [-0.25, -0.2) is 9.59 Å². The molecule has 0 saturated heterocycles. The second-order valence-corrected chi connectivity index (χ2v) is 6.36. The zero-order valence-corrected chi connectivity index (χ0v) is 14.5. The molecule has 28 heavy (non-hydrogen) atoms. The molecule has 0 radical (unpaired) electrons.